The van der Waals surface area contributed by atoms with Crippen molar-refractivity contribution in [3.8, 4) is 0 Å². The minimum absolute atomic E-state index is 0.369. The number of rotatable bonds is 7. The molecule has 0 fully saturated rings. The molecule has 4 aromatic rings. The molecule has 1 N–H and O–H groups in total. The predicted octanol–water partition coefficient (Wildman–Crippen LogP) is 6.98. The van der Waals surface area contributed by atoms with Crippen LogP contribution < -0.4 is 0 Å². The van der Waals surface area contributed by atoms with Crippen molar-refractivity contribution >= 4 is 32.3 Å². The van der Waals surface area contributed by atoms with Crippen LogP contribution in [-0.2, 0) is 0 Å². The summed E-state index contributed by atoms with van der Waals surface area (Å²) >= 11 is 0. The van der Waals surface area contributed by atoms with Crippen molar-refractivity contribution in [1.29, 1.82) is 0 Å². The van der Waals surface area contributed by atoms with E-state index in [-0.39, 0.29) is 6.10 Å². The van der Waals surface area contributed by atoms with Gasteiger partial charge in [-0.15, -0.1) is 0 Å². The van der Waals surface area contributed by atoms with Gasteiger partial charge in [0, 0.05) is 0 Å². The van der Waals surface area contributed by atoms with E-state index in [0.717, 1.165) is 18.4 Å². The largest absolute Gasteiger partial charge is 0.388 e. The van der Waals surface area contributed by atoms with Gasteiger partial charge in [0.05, 0.1) is 6.10 Å². The Hall–Kier alpha value is -2.12. The van der Waals surface area contributed by atoms with Crippen LogP contribution in [0.3, 0.4) is 0 Å². The molecule has 0 bridgehead atoms. The maximum absolute atomic E-state index is 10.8. The Bertz CT molecular complexity index is 970. The molecule has 0 saturated heterocycles. The van der Waals surface area contributed by atoms with Crippen LogP contribution in [-0.4, -0.2) is 5.11 Å². The lowest BCUT2D eigenvalue weighted by Crippen LogP contribution is -1.99. The van der Waals surface area contributed by atoms with E-state index in [1.165, 1.54) is 58.0 Å². The summed E-state index contributed by atoms with van der Waals surface area (Å²) in [7, 11) is 0. The number of aliphatic hydroxyl groups excluding tert-OH is 1. The zero-order valence-corrected chi connectivity index (χ0v) is 15.0. The lowest BCUT2D eigenvalue weighted by Gasteiger charge is -2.17. The van der Waals surface area contributed by atoms with Gasteiger partial charge in [-0.3, -0.25) is 0 Å². The van der Waals surface area contributed by atoms with Crippen molar-refractivity contribution in [2.45, 2.75) is 51.6 Å². The van der Waals surface area contributed by atoms with Crippen LogP contribution in [0, 0.1) is 0 Å². The summed E-state index contributed by atoms with van der Waals surface area (Å²) in [6.07, 6.45) is 6.65. The molecule has 0 radical (unpaired) electrons. The second kappa shape index (κ2) is 7.01. The normalized spacial score (nSPS) is 13.2. The highest BCUT2D eigenvalue weighted by Crippen LogP contribution is 2.38. The minimum Gasteiger partial charge on any atom is -0.388 e. The van der Waals surface area contributed by atoms with Crippen molar-refractivity contribution in [2.24, 2.45) is 0 Å². The maximum Gasteiger partial charge on any atom is 0.0796 e. The van der Waals surface area contributed by atoms with E-state index in [2.05, 4.69) is 61.5 Å². The molecule has 1 nitrogen and oxygen atoms in total. The number of aliphatic hydroxyl groups is 1. The molecule has 128 valence electrons. The van der Waals surface area contributed by atoms with Crippen molar-refractivity contribution < 1.29 is 5.11 Å². The Balaban J connectivity index is 1.72. The molecule has 4 aromatic carbocycles. The van der Waals surface area contributed by atoms with Gasteiger partial charge in [-0.1, -0.05) is 93.6 Å². The van der Waals surface area contributed by atoms with Crippen molar-refractivity contribution in [1.82, 2.24) is 0 Å². The van der Waals surface area contributed by atoms with E-state index in [9.17, 15) is 5.11 Å². The maximum atomic E-state index is 10.8. The molecule has 0 aromatic heterocycles. The van der Waals surface area contributed by atoms with Gasteiger partial charge in [-0.05, 0) is 44.3 Å². The van der Waals surface area contributed by atoms with E-state index < -0.39 is 0 Å². The molecule has 0 aliphatic carbocycles. The van der Waals surface area contributed by atoms with Gasteiger partial charge in [0.15, 0.2) is 0 Å². The first-order chi connectivity index (χ1) is 12.3. The summed E-state index contributed by atoms with van der Waals surface area (Å²) in [6.45, 7) is 2.24. The molecule has 0 aliphatic heterocycles. The number of hydrogen-bond donors (Lipinski definition) is 1. The molecule has 0 spiro atoms. The molecular weight excluding hydrogens is 304 g/mol. The summed E-state index contributed by atoms with van der Waals surface area (Å²) in [5, 5.41) is 18.5. The quantitative estimate of drug-likeness (QED) is 0.286. The Kier molecular flexibility index (Phi) is 4.59. The minimum atomic E-state index is -0.369. The van der Waals surface area contributed by atoms with Gasteiger partial charge < -0.3 is 5.11 Å². The van der Waals surface area contributed by atoms with E-state index in [1.807, 2.05) is 0 Å². The third-order valence-electron chi connectivity index (χ3n) is 5.50. The second-order valence-corrected chi connectivity index (χ2v) is 7.23. The fourth-order valence-electron chi connectivity index (χ4n) is 4.15. The molecule has 1 heteroatoms. The summed E-state index contributed by atoms with van der Waals surface area (Å²) in [5.41, 5.74) is 1.08. The Morgan fingerprint density at radius 2 is 1.36 bits per heavy atom. The lowest BCUT2D eigenvalue weighted by atomic mass is 9.89. The Labute approximate surface area is 149 Å². The van der Waals surface area contributed by atoms with Gasteiger partial charge in [0.25, 0.3) is 0 Å². The van der Waals surface area contributed by atoms with E-state index >= 15 is 0 Å². The van der Waals surface area contributed by atoms with Crippen LogP contribution in [0.2, 0.25) is 0 Å². The fraction of sp³-hybridized carbons (Fsp3) is 0.333. The fourth-order valence-corrected chi connectivity index (χ4v) is 4.15. The SMILES string of the molecule is CCCCCCCC(O)c1ccc2ccc3cccc4ccc1c2c34. The van der Waals surface area contributed by atoms with Crippen LogP contribution in [0.1, 0.15) is 57.1 Å². The predicted molar refractivity (Wildman–Crippen MR) is 108 cm³/mol. The molecule has 25 heavy (non-hydrogen) atoms. The van der Waals surface area contributed by atoms with Crippen LogP contribution in [0.25, 0.3) is 32.3 Å². The van der Waals surface area contributed by atoms with Gasteiger partial charge in [-0.2, -0.15) is 0 Å². The average molecular weight is 330 g/mol. The van der Waals surface area contributed by atoms with E-state index in [1.54, 1.807) is 0 Å². The van der Waals surface area contributed by atoms with Crippen molar-refractivity contribution in [3.63, 3.8) is 0 Å². The summed E-state index contributed by atoms with van der Waals surface area (Å²) in [4.78, 5) is 0. The molecule has 4 rings (SSSR count). The Morgan fingerprint density at radius 1 is 0.720 bits per heavy atom. The van der Waals surface area contributed by atoms with Crippen molar-refractivity contribution in [3.05, 3.63) is 60.2 Å². The smallest absolute Gasteiger partial charge is 0.0796 e. The van der Waals surface area contributed by atoms with Gasteiger partial charge in [-0.25, -0.2) is 0 Å². The van der Waals surface area contributed by atoms with Crippen LogP contribution in [0.4, 0.5) is 0 Å². The molecule has 0 amide bonds. The van der Waals surface area contributed by atoms with Crippen LogP contribution >= 0.6 is 0 Å². The third-order valence-corrected chi connectivity index (χ3v) is 5.50. The summed E-state index contributed by atoms with van der Waals surface area (Å²) in [5.74, 6) is 0. The number of unbranched alkanes of at least 4 members (excludes halogenated alkanes) is 4. The topological polar surface area (TPSA) is 20.2 Å². The van der Waals surface area contributed by atoms with Gasteiger partial charge >= 0.3 is 0 Å². The molecule has 0 heterocycles. The number of hydrogen-bond acceptors (Lipinski definition) is 1. The molecule has 1 unspecified atom stereocenters. The van der Waals surface area contributed by atoms with Crippen LogP contribution in [0.5, 0.6) is 0 Å². The van der Waals surface area contributed by atoms with Crippen molar-refractivity contribution in [2.75, 3.05) is 0 Å². The third kappa shape index (κ3) is 2.98. The van der Waals surface area contributed by atoms with E-state index in [0.29, 0.717) is 0 Å². The zero-order chi connectivity index (χ0) is 17.2. The Morgan fingerprint density at radius 3 is 2.12 bits per heavy atom. The van der Waals surface area contributed by atoms with Gasteiger partial charge in [0.2, 0.25) is 0 Å². The zero-order valence-electron chi connectivity index (χ0n) is 15.0. The first-order valence-corrected chi connectivity index (χ1v) is 9.64. The number of benzene rings is 4. The first-order valence-electron chi connectivity index (χ1n) is 9.64. The molecule has 1 atom stereocenters. The summed E-state index contributed by atoms with van der Waals surface area (Å²) in [6, 6.07) is 19.6. The summed E-state index contributed by atoms with van der Waals surface area (Å²) < 4.78 is 0. The van der Waals surface area contributed by atoms with E-state index in [4.69, 9.17) is 0 Å². The first kappa shape index (κ1) is 16.4. The highest BCUT2D eigenvalue weighted by atomic mass is 16.3. The average Bonchev–Trinajstić information content (AvgIpc) is 2.65. The highest BCUT2D eigenvalue weighted by molar-refractivity contribution is 6.23. The van der Waals surface area contributed by atoms with Gasteiger partial charge in [0.1, 0.15) is 0 Å². The monoisotopic (exact) mass is 330 g/mol. The standard InChI is InChI=1S/C24H26O/c1-2-3-4-5-6-10-22(25)20-15-13-19-12-11-17-8-7-9-18-14-16-21(20)24(19)23(17)18/h7-9,11-16,22,25H,2-6,10H2,1H3. The molecule has 0 saturated carbocycles. The second-order valence-electron chi connectivity index (χ2n) is 7.23. The van der Waals surface area contributed by atoms with Crippen LogP contribution in [0.15, 0.2) is 54.6 Å². The highest BCUT2D eigenvalue weighted by Gasteiger charge is 2.15. The lowest BCUT2D eigenvalue weighted by molar-refractivity contribution is 0.165. The molecule has 0 aliphatic rings. The molecular formula is C24H26O.